The summed E-state index contributed by atoms with van der Waals surface area (Å²) in [6.07, 6.45) is 9.37. The fourth-order valence-corrected chi connectivity index (χ4v) is 7.50. The van der Waals surface area contributed by atoms with Gasteiger partial charge >= 0.3 is 0 Å². The Morgan fingerprint density at radius 1 is 1.12 bits per heavy atom. The first-order valence-electron chi connectivity index (χ1n) is 12.1. The van der Waals surface area contributed by atoms with Crippen LogP contribution in [0.25, 0.3) is 0 Å². The lowest BCUT2D eigenvalue weighted by Gasteiger charge is -2.55. The monoisotopic (exact) mass is 456 g/mol. The zero-order valence-electron chi connectivity index (χ0n) is 18.9. The molecule has 0 aliphatic heterocycles. The van der Waals surface area contributed by atoms with Crippen molar-refractivity contribution in [2.24, 2.45) is 23.2 Å². The van der Waals surface area contributed by atoms with Crippen molar-refractivity contribution in [1.82, 2.24) is 20.1 Å². The molecule has 4 aliphatic rings. The zero-order valence-corrected chi connectivity index (χ0v) is 19.7. The predicted molar refractivity (Wildman–Crippen MR) is 123 cm³/mol. The number of nitrogens with zero attached hydrogens (tertiary/aromatic N) is 3. The summed E-state index contributed by atoms with van der Waals surface area (Å²) in [4.78, 5) is 13.3. The third-order valence-corrected chi connectivity index (χ3v) is 8.77. The van der Waals surface area contributed by atoms with Crippen molar-refractivity contribution < 1.29 is 9.18 Å². The van der Waals surface area contributed by atoms with Gasteiger partial charge in [-0.25, -0.2) is 4.39 Å². The number of nitrogens with one attached hydrogen (secondary N) is 1. The van der Waals surface area contributed by atoms with Crippen molar-refractivity contribution >= 4 is 17.7 Å². The zero-order chi connectivity index (χ0) is 22.1. The maximum absolute atomic E-state index is 13.3. The number of amides is 1. The standard InChI is InChI=1S/C25H33FN4OS/c1-2-3-8-30-22(28-29-24(30)32-16-17-4-6-21(26)7-5-17)15-27-23(31)25-12-18-9-19(13-25)11-20(10-18)14-25/h4-7,18-20H,2-3,8-16H2,1H3,(H,27,31). The first-order chi connectivity index (χ1) is 15.5. The van der Waals surface area contributed by atoms with Crippen molar-refractivity contribution in [2.45, 2.75) is 82.3 Å². The minimum absolute atomic E-state index is 0.136. The molecule has 1 amide bonds. The van der Waals surface area contributed by atoms with Crippen LogP contribution in [0.3, 0.4) is 0 Å². The van der Waals surface area contributed by atoms with Crippen LogP contribution in [-0.2, 0) is 23.6 Å². The number of halogens is 1. The lowest BCUT2D eigenvalue weighted by atomic mass is 9.49. The lowest BCUT2D eigenvalue weighted by Crippen LogP contribution is -2.53. The number of thioether (sulfide) groups is 1. The molecular weight excluding hydrogens is 423 g/mol. The van der Waals surface area contributed by atoms with E-state index in [1.165, 1.54) is 31.4 Å². The normalized spacial score (nSPS) is 28.2. The highest BCUT2D eigenvalue weighted by molar-refractivity contribution is 7.98. The number of carbonyl (C=O) groups excluding carboxylic acids is 1. The van der Waals surface area contributed by atoms with Crippen LogP contribution in [0.5, 0.6) is 0 Å². The van der Waals surface area contributed by atoms with Crippen LogP contribution in [0, 0.1) is 29.0 Å². The maximum atomic E-state index is 13.3. The third-order valence-electron chi connectivity index (χ3n) is 7.74. The molecule has 1 N–H and O–H groups in total. The van der Waals surface area contributed by atoms with E-state index in [1.807, 2.05) is 12.1 Å². The number of aromatic nitrogens is 3. The maximum Gasteiger partial charge on any atom is 0.226 e. The van der Waals surface area contributed by atoms with Gasteiger partial charge in [-0.1, -0.05) is 37.2 Å². The highest BCUT2D eigenvalue weighted by Gasteiger charge is 2.54. The van der Waals surface area contributed by atoms with Crippen LogP contribution in [0.2, 0.25) is 0 Å². The minimum Gasteiger partial charge on any atom is -0.348 e. The quantitative estimate of drug-likeness (QED) is 0.517. The molecule has 4 bridgehead atoms. The molecule has 1 heterocycles. The van der Waals surface area contributed by atoms with Gasteiger partial charge in [0.25, 0.3) is 0 Å². The molecule has 0 radical (unpaired) electrons. The third kappa shape index (κ3) is 4.45. The summed E-state index contributed by atoms with van der Waals surface area (Å²) < 4.78 is 15.3. The minimum atomic E-state index is -0.220. The van der Waals surface area contributed by atoms with Gasteiger partial charge in [-0.05, 0) is 80.4 Å². The second-order valence-electron chi connectivity index (χ2n) is 10.2. The predicted octanol–water partition coefficient (Wildman–Crippen LogP) is 5.34. The van der Waals surface area contributed by atoms with Gasteiger partial charge in [-0.15, -0.1) is 10.2 Å². The molecule has 0 saturated heterocycles. The molecule has 32 heavy (non-hydrogen) atoms. The molecule has 4 aliphatic carbocycles. The van der Waals surface area contributed by atoms with Gasteiger partial charge in [0, 0.05) is 17.7 Å². The largest absolute Gasteiger partial charge is 0.348 e. The van der Waals surface area contributed by atoms with Gasteiger partial charge in [0.05, 0.1) is 6.54 Å². The van der Waals surface area contributed by atoms with Crippen LogP contribution in [-0.4, -0.2) is 20.7 Å². The highest BCUT2D eigenvalue weighted by atomic mass is 32.2. The Morgan fingerprint density at radius 2 is 1.78 bits per heavy atom. The first kappa shape index (κ1) is 21.9. The molecular formula is C25H33FN4OS. The van der Waals surface area contributed by atoms with E-state index < -0.39 is 0 Å². The number of unbranched alkanes of at least 4 members (excludes halogenated alkanes) is 1. The molecule has 1 aromatic heterocycles. The van der Waals surface area contributed by atoms with Crippen molar-refractivity contribution in [3.8, 4) is 0 Å². The average Bonchev–Trinajstić information content (AvgIpc) is 3.16. The Kier molecular flexibility index (Phi) is 6.28. The van der Waals surface area contributed by atoms with Gasteiger partial charge in [0.15, 0.2) is 11.0 Å². The Balaban J connectivity index is 1.25. The molecule has 7 heteroatoms. The Labute approximate surface area is 194 Å². The van der Waals surface area contributed by atoms with E-state index >= 15 is 0 Å². The summed E-state index contributed by atoms with van der Waals surface area (Å²) >= 11 is 1.61. The molecule has 0 atom stereocenters. The van der Waals surface area contributed by atoms with E-state index in [4.69, 9.17) is 0 Å². The lowest BCUT2D eigenvalue weighted by molar-refractivity contribution is -0.146. The van der Waals surface area contributed by atoms with Gasteiger partial charge in [-0.2, -0.15) is 0 Å². The van der Waals surface area contributed by atoms with Crippen molar-refractivity contribution in [2.75, 3.05) is 0 Å². The number of hydrogen-bond donors (Lipinski definition) is 1. The first-order valence-corrected chi connectivity index (χ1v) is 13.1. The number of rotatable bonds is 9. The van der Waals surface area contributed by atoms with E-state index in [9.17, 15) is 9.18 Å². The van der Waals surface area contributed by atoms with Crippen molar-refractivity contribution in [3.05, 3.63) is 41.5 Å². The molecule has 6 rings (SSSR count). The van der Waals surface area contributed by atoms with Crippen LogP contribution in [0.4, 0.5) is 4.39 Å². The molecule has 5 nitrogen and oxygen atoms in total. The van der Waals surface area contributed by atoms with E-state index in [-0.39, 0.29) is 17.1 Å². The molecule has 172 valence electrons. The summed E-state index contributed by atoms with van der Waals surface area (Å²) in [7, 11) is 0. The van der Waals surface area contributed by atoms with Crippen molar-refractivity contribution in [3.63, 3.8) is 0 Å². The summed E-state index contributed by atoms with van der Waals surface area (Å²) in [5.74, 6) is 3.84. The fourth-order valence-electron chi connectivity index (χ4n) is 6.56. The van der Waals surface area contributed by atoms with Crippen LogP contribution in [0.1, 0.15) is 69.7 Å². The van der Waals surface area contributed by atoms with Crippen LogP contribution >= 0.6 is 11.8 Å². The van der Waals surface area contributed by atoms with Gasteiger partial charge in [-0.3, -0.25) is 4.79 Å². The smallest absolute Gasteiger partial charge is 0.226 e. The Hall–Kier alpha value is -1.89. The topological polar surface area (TPSA) is 59.8 Å². The fraction of sp³-hybridized carbons (Fsp3) is 0.640. The summed E-state index contributed by atoms with van der Waals surface area (Å²) in [5.41, 5.74) is 0.918. The van der Waals surface area contributed by atoms with E-state index in [0.717, 1.165) is 72.9 Å². The number of hydrogen-bond acceptors (Lipinski definition) is 4. The second-order valence-corrected chi connectivity index (χ2v) is 11.1. The van der Waals surface area contributed by atoms with Gasteiger partial charge in [0.1, 0.15) is 5.82 Å². The van der Waals surface area contributed by atoms with Gasteiger partial charge in [0.2, 0.25) is 5.91 Å². The van der Waals surface area contributed by atoms with Gasteiger partial charge < -0.3 is 9.88 Å². The molecule has 0 spiro atoms. The molecule has 4 fully saturated rings. The van der Waals surface area contributed by atoms with Crippen molar-refractivity contribution in [1.29, 1.82) is 0 Å². The molecule has 4 saturated carbocycles. The van der Waals surface area contributed by atoms with E-state index in [1.54, 1.807) is 11.8 Å². The van der Waals surface area contributed by atoms with E-state index in [2.05, 4.69) is 27.0 Å². The summed E-state index contributed by atoms with van der Waals surface area (Å²) in [6.45, 7) is 3.45. The number of benzene rings is 1. The molecule has 2 aromatic rings. The Bertz CT molecular complexity index is 922. The SMILES string of the molecule is CCCCn1c(CNC(=O)C23CC4CC(CC(C4)C2)C3)nnc1SCc1ccc(F)cc1. The average molecular weight is 457 g/mol. The van der Waals surface area contributed by atoms with Crippen LogP contribution in [0.15, 0.2) is 29.4 Å². The van der Waals surface area contributed by atoms with Crippen LogP contribution < -0.4 is 5.32 Å². The number of carbonyl (C=O) groups is 1. The summed E-state index contributed by atoms with van der Waals surface area (Å²) in [5, 5.41) is 13.0. The highest BCUT2D eigenvalue weighted by Crippen LogP contribution is 2.60. The Morgan fingerprint density at radius 3 is 2.41 bits per heavy atom. The molecule has 1 aromatic carbocycles. The second kappa shape index (κ2) is 9.16. The summed E-state index contributed by atoms with van der Waals surface area (Å²) in [6, 6.07) is 6.59. The van der Waals surface area contributed by atoms with E-state index in [0.29, 0.717) is 12.3 Å². The molecule has 0 unspecified atom stereocenters.